The van der Waals surface area contributed by atoms with E-state index in [0.717, 1.165) is 19.0 Å². The summed E-state index contributed by atoms with van der Waals surface area (Å²) in [7, 11) is 0. The molecule has 0 unspecified atom stereocenters. The van der Waals surface area contributed by atoms with Gasteiger partial charge in [0.05, 0.1) is 12.3 Å². The molecule has 2 N–H and O–H groups in total. The van der Waals surface area contributed by atoms with Gasteiger partial charge in [-0.2, -0.15) is 0 Å². The number of carbonyl (C=O) groups excluding carboxylic acids is 2. The second kappa shape index (κ2) is 9.85. The maximum absolute atomic E-state index is 14.6. The van der Waals surface area contributed by atoms with E-state index in [-0.39, 0.29) is 47.0 Å². The number of carbonyl (C=O) groups is 2. The fourth-order valence-corrected chi connectivity index (χ4v) is 3.86. The average Bonchev–Trinajstić information content (AvgIpc) is 2.69. The van der Waals surface area contributed by atoms with Gasteiger partial charge in [-0.3, -0.25) is 9.59 Å². The van der Waals surface area contributed by atoms with E-state index in [0.29, 0.717) is 18.4 Å². The number of nitrogens with one attached hydrogen (secondary N) is 2. The Kier molecular flexibility index (Phi) is 7.20. The number of pyridine rings is 1. The third-order valence-electron chi connectivity index (χ3n) is 5.16. The average molecular weight is 431 g/mol. The summed E-state index contributed by atoms with van der Waals surface area (Å²) in [5.41, 5.74) is 0.523. The Morgan fingerprint density at radius 3 is 2.65 bits per heavy atom. The van der Waals surface area contributed by atoms with Gasteiger partial charge < -0.3 is 15.4 Å². The molecule has 0 spiro atoms. The first-order valence-corrected chi connectivity index (χ1v) is 10.4. The van der Waals surface area contributed by atoms with Crippen molar-refractivity contribution in [3.8, 4) is 16.9 Å². The minimum absolute atomic E-state index is 0.0336. The van der Waals surface area contributed by atoms with Crippen LogP contribution < -0.4 is 15.4 Å². The van der Waals surface area contributed by atoms with Crippen molar-refractivity contribution < 1.29 is 23.1 Å². The SMILES string of the molecule is CC(=O)N[C@@H]1CCC[C@H](C(=O)Nc2cc(-c3ccc(F)cc3OC(C)C)c(F)cn2)C1. The van der Waals surface area contributed by atoms with Crippen molar-refractivity contribution in [2.45, 2.75) is 58.6 Å². The zero-order valence-corrected chi connectivity index (χ0v) is 17.9. The zero-order valence-electron chi connectivity index (χ0n) is 17.9. The zero-order chi connectivity index (χ0) is 22.5. The van der Waals surface area contributed by atoms with Crippen LogP contribution in [-0.4, -0.2) is 28.9 Å². The van der Waals surface area contributed by atoms with Crippen LogP contribution in [0.3, 0.4) is 0 Å². The number of amides is 2. The first-order chi connectivity index (χ1) is 14.7. The number of hydrogen-bond donors (Lipinski definition) is 2. The van der Waals surface area contributed by atoms with Crippen LogP contribution in [0.2, 0.25) is 0 Å². The molecule has 1 aliphatic rings. The number of halogens is 2. The van der Waals surface area contributed by atoms with E-state index in [2.05, 4.69) is 15.6 Å². The molecule has 2 aromatic rings. The molecule has 0 aliphatic heterocycles. The van der Waals surface area contributed by atoms with Gasteiger partial charge in [-0.15, -0.1) is 0 Å². The molecule has 0 radical (unpaired) electrons. The van der Waals surface area contributed by atoms with Crippen molar-refractivity contribution in [1.29, 1.82) is 0 Å². The number of nitrogens with zero attached hydrogens (tertiary/aromatic N) is 1. The number of anilines is 1. The molecule has 3 rings (SSSR count). The highest BCUT2D eigenvalue weighted by molar-refractivity contribution is 5.92. The Hall–Kier alpha value is -3.03. The van der Waals surface area contributed by atoms with Gasteiger partial charge in [0.25, 0.3) is 0 Å². The second-order valence-corrected chi connectivity index (χ2v) is 8.11. The largest absolute Gasteiger partial charge is 0.490 e. The fourth-order valence-electron chi connectivity index (χ4n) is 3.86. The monoisotopic (exact) mass is 431 g/mol. The molecule has 1 aromatic carbocycles. The number of benzene rings is 1. The van der Waals surface area contributed by atoms with Crippen LogP contribution in [0, 0.1) is 17.6 Å². The summed E-state index contributed by atoms with van der Waals surface area (Å²) < 4.78 is 33.9. The third-order valence-corrected chi connectivity index (χ3v) is 5.16. The van der Waals surface area contributed by atoms with Gasteiger partial charge in [-0.05, 0) is 51.3 Å². The van der Waals surface area contributed by atoms with Gasteiger partial charge in [0.1, 0.15) is 23.2 Å². The summed E-state index contributed by atoms with van der Waals surface area (Å²) in [6, 6.07) is 5.26. The van der Waals surface area contributed by atoms with Crippen LogP contribution in [0.15, 0.2) is 30.5 Å². The molecule has 2 amide bonds. The van der Waals surface area contributed by atoms with Crippen LogP contribution in [-0.2, 0) is 9.59 Å². The topological polar surface area (TPSA) is 80.3 Å². The van der Waals surface area contributed by atoms with Crippen LogP contribution >= 0.6 is 0 Å². The molecule has 1 fully saturated rings. The van der Waals surface area contributed by atoms with Gasteiger partial charge in [0.15, 0.2) is 0 Å². The maximum Gasteiger partial charge on any atom is 0.228 e. The van der Waals surface area contributed by atoms with Crippen LogP contribution in [0.4, 0.5) is 14.6 Å². The number of aromatic nitrogens is 1. The first-order valence-electron chi connectivity index (χ1n) is 10.4. The van der Waals surface area contributed by atoms with E-state index in [9.17, 15) is 18.4 Å². The highest BCUT2D eigenvalue weighted by Gasteiger charge is 2.28. The summed E-state index contributed by atoms with van der Waals surface area (Å²) in [5.74, 6) is -1.31. The molecule has 166 valence electrons. The first kappa shape index (κ1) is 22.7. The summed E-state index contributed by atoms with van der Waals surface area (Å²) in [4.78, 5) is 28.0. The summed E-state index contributed by atoms with van der Waals surface area (Å²) in [6.45, 7) is 5.05. The molecule has 0 saturated heterocycles. The molecule has 1 aliphatic carbocycles. The molecular weight excluding hydrogens is 404 g/mol. The Morgan fingerprint density at radius 2 is 1.94 bits per heavy atom. The lowest BCUT2D eigenvalue weighted by molar-refractivity contribution is -0.123. The van der Waals surface area contributed by atoms with Gasteiger partial charge >= 0.3 is 0 Å². The second-order valence-electron chi connectivity index (χ2n) is 8.11. The van der Waals surface area contributed by atoms with Gasteiger partial charge in [0, 0.05) is 36.1 Å². The van der Waals surface area contributed by atoms with E-state index in [1.54, 1.807) is 13.8 Å². The fraction of sp³-hybridized carbons (Fsp3) is 0.435. The minimum Gasteiger partial charge on any atom is -0.490 e. The lowest BCUT2D eigenvalue weighted by Gasteiger charge is -2.28. The molecule has 2 atom stereocenters. The van der Waals surface area contributed by atoms with Gasteiger partial charge in [-0.1, -0.05) is 6.42 Å². The molecule has 1 heterocycles. The van der Waals surface area contributed by atoms with E-state index in [1.165, 1.54) is 31.2 Å². The predicted octanol–water partition coefficient (Wildman–Crippen LogP) is 4.45. The third kappa shape index (κ3) is 5.99. The highest BCUT2D eigenvalue weighted by Crippen LogP contribution is 2.34. The Bertz CT molecular complexity index is 965. The van der Waals surface area contributed by atoms with Crippen molar-refractivity contribution in [2.75, 3.05) is 5.32 Å². The molecule has 1 aromatic heterocycles. The van der Waals surface area contributed by atoms with Crippen molar-refractivity contribution in [3.63, 3.8) is 0 Å². The van der Waals surface area contributed by atoms with Gasteiger partial charge in [-0.25, -0.2) is 13.8 Å². The minimum atomic E-state index is -0.610. The van der Waals surface area contributed by atoms with E-state index < -0.39 is 11.6 Å². The number of hydrogen-bond acceptors (Lipinski definition) is 4. The van der Waals surface area contributed by atoms with E-state index in [4.69, 9.17) is 4.74 Å². The summed E-state index contributed by atoms with van der Waals surface area (Å²) in [5, 5.41) is 5.62. The molecule has 6 nitrogen and oxygen atoms in total. The van der Waals surface area contributed by atoms with Crippen molar-refractivity contribution >= 4 is 17.6 Å². The number of ether oxygens (including phenoxy) is 1. The standard InChI is InChI=1S/C23H27F2N3O3/c1-13(2)31-21-10-16(24)7-8-18(21)19-11-22(26-12-20(19)25)28-23(30)15-5-4-6-17(9-15)27-14(3)29/h7-8,10-13,15,17H,4-6,9H2,1-3H3,(H,27,29)(H,26,28,30)/t15-,17+/m0/s1. The molecule has 1 saturated carbocycles. The smallest absolute Gasteiger partial charge is 0.228 e. The van der Waals surface area contributed by atoms with Crippen LogP contribution in [0.25, 0.3) is 11.1 Å². The van der Waals surface area contributed by atoms with E-state index in [1.807, 2.05) is 0 Å². The quantitative estimate of drug-likeness (QED) is 0.708. The lowest BCUT2D eigenvalue weighted by Crippen LogP contribution is -2.40. The maximum atomic E-state index is 14.6. The highest BCUT2D eigenvalue weighted by atomic mass is 19.1. The predicted molar refractivity (Wildman–Crippen MR) is 114 cm³/mol. The Labute approximate surface area is 180 Å². The Morgan fingerprint density at radius 1 is 1.16 bits per heavy atom. The van der Waals surface area contributed by atoms with Crippen LogP contribution in [0.1, 0.15) is 46.5 Å². The van der Waals surface area contributed by atoms with Crippen molar-refractivity contribution in [3.05, 3.63) is 42.1 Å². The normalized spacial score (nSPS) is 18.5. The number of rotatable bonds is 6. The van der Waals surface area contributed by atoms with Gasteiger partial charge in [0.2, 0.25) is 11.8 Å². The summed E-state index contributed by atoms with van der Waals surface area (Å²) >= 11 is 0. The van der Waals surface area contributed by atoms with E-state index >= 15 is 0 Å². The van der Waals surface area contributed by atoms with Crippen molar-refractivity contribution in [1.82, 2.24) is 10.3 Å². The molecular formula is C23H27F2N3O3. The molecule has 0 bridgehead atoms. The molecule has 8 heteroatoms. The lowest BCUT2D eigenvalue weighted by atomic mass is 9.85. The van der Waals surface area contributed by atoms with Crippen LogP contribution in [0.5, 0.6) is 5.75 Å². The van der Waals surface area contributed by atoms with Crippen molar-refractivity contribution in [2.24, 2.45) is 5.92 Å². The molecule has 31 heavy (non-hydrogen) atoms. The summed E-state index contributed by atoms with van der Waals surface area (Å²) in [6.07, 6.45) is 3.72. The Balaban J connectivity index is 1.80.